The molecule has 1 aromatic carbocycles. The molecule has 0 radical (unpaired) electrons. The van der Waals surface area contributed by atoms with Crippen molar-refractivity contribution in [3.05, 3.63) is 42.2 Å². The van der Waals surface area contributed by atoms with Gasteiger partial charge in [0.15, 0.2) is 0 Å². The van der Waals surface area contributed by atoms with Gasteiger partial charge in [-0.25, -0.2) is 4.79 Å². The zero-order chi connectivity index (χ0) is 14.0. The van der Waals surface area contributed by atoms with Crippen LogP contribution in [0.2, 0.25) is 0 Å². The third-order valence-electron chi connectivity index (χ3n) is 3.03. The Morgan fingerprint density at radius 2 is 2.00 bits per heavy atom. The van der Waals surface area contributed by atoms with Crippen LogP contribution in [0.5, 0.6) is 5.75 Å². The third-order valence-corrected chi connectivity index (χ3v) is 3.03. The predicted molar refractivity (Wildman–Crippen MR) is 73.8 cm³/mol. The zero-order valence-corrected chi connectivity index (χ0v) is 11.3. The fourth-order valence-corrected chi connectivity index (χ4v) is 2.04. The summed E-state index contributed by atoms with van der Waals surface area (Å²) in [5.41, 5.74) is 2.12. The van der Waals surface area contributed by atoms with Crippen molar-refractivity contribution >= 4 is 5.97 Å². The molecule has 0 bridgehead atoms. The molecular weight excluding hydrogens is 242 g/mol. The van der Waals surface area contributed by atoms with Gasteiger partial charge in [0.1, 0.15) is 11.4 Å². The van der Waals surface area contributed by atoms with Crippen molar-refractivity contribution in [1.82, 2.24) is 4.57 Å². The van der Waals surface area contributed by atoms with Crippen LogP contribution in [-0.2, 0) is 0 Å². The summed E-state index contributed by atoms with van der Waals surface area (Å²) in [4.78, 5) is 11.2. The molecular formula is C15H17NO3. The predicted octanol–water partition coefficient (Wildman–Crippen LogP) is 3.44. The SMILES string of the molecule is COc1cccc(-c2cc(C(=O)O)n(C(C)C)c2)c1. The number of aromatic nitrogens is 1. The molecule has 2 aromatic rings. The second-order valence-electron chi connectivity index (χ2n) is 4.65. The van der Waals surface area contributed by atoms with Gasteiger partial charge in [-0.1, -0.05) is 12.1 Å². The molecule has 100 valence electrons. The van der Waals surface area contributed by atoms with Crippen LogP contribution in [0.1, 0.15) is 30.4 Å². The Bertz CT molecular complexity index is 599. The summed E-state index contributed by atoms with van der Waals surface area (Å²) in [5.74, 6) is -0.158. The van der Waals surface area contributed by atoms with Crippen LogP contribution in [-0.4, -0.2) is 22.8 Å². The second-order valence-corrected chi connectivity index (χ2v) is 4.65. The Morgan fingerprint density at radius 1 is 1.26 bits per heavy atom. The van der Waals surface area contributed by atoms with E-state index in [4.69, 9.17) is 4.74 Å². The first-order chi connectivity index (χ1) is 9.02. The maximum atomic E-state index is 11.2. The van der Waals surface area contributed by atoms with Crippen LogP contribution in [0.15, 0.2) is 36.5 Å². The fourth-order valence-electron chi connectivity index (χ4n) is 2.04. The molecule has 0 atom stereocenters. The van der Waals surface area contributed by atoms with Gasteiger partial charge in [-0.15, -0.1) is 0 Å². The van der Waals surface area contributed by atoms with Crippen LogP contribution in [0.3, 0.4) is 0 Å². The Kier molecular flexibility index (Phi) is 3.60. The number of nitrogens with zero attached hydrogens (tertiary/aromatic N) is 1. The molecule has 2 rings (SSSR count). The van der Waals surface area contributed by atoms with Crippen LogP contribution in [0.4, 0.5) is 0 Å². The average molecular weight is 259 g/mol. The van der Waals surface area contributed by atoms with E-state index in [2.05, 4.69) is 0 Å². The fraction of sp³-hybridized carbons (Fsp3) is 0.267. The summed E-state index contributed by atoms with van der Waals surface area (Å²) < 4.78 is 6.95. The molecule has 4 nitrogen and oxygen atoms in total. The first kappa shape index (κ1) is 13.2. The summed E-state index contributed by atoms with van der Waals surface area (Å²) in [7, 11) is 1.61. The topological polar surface area (TPSA) is 51.5 Å². The van der Waals surface area contributed by atoms with Crippen molar-refractivity contribution in [2.45, 2.75) is 19.9 Å². The normalized spacial score (nSPS) is 10.7. The van der Waals surface area contributed by atoms with E-state index in [1.54, 1.807) is 17.7 Å². The van der Waals surface area contributed by atoms with E-state index in [9.17, 15) is 9.90 Å². The standard InChI is InChI=1S/C15H17NO3/c1-10(2)16-9-12(8-14(16)15(17)18)11-5-4-6-13(7-11)19-3/h4-10H,1-3H3,(H,17,18). The molecule has 4 heteroatoms. The van der Waals surface area contributed by atoms with E-state index < -0.39 is 5.97 Å². The van der Waals surface area contributed by atoms with Gasteiger partial charge in [0.2, 0.25) is 0 Å². The number of rotatable bonds is 4. The minimum absolute atomic E-state index is 0.102. The summed E-state index contributed by atoms with van der Waals surface area (Å²) >= 11 is 0. The van der Waals surface area contributed by atoms with E-state index in [-0.39, 0.29) is 6.04 Å². The van der Waals surface area contributed by atoms with Gasteiger partial charge in [-0.3, -0.25) is 0 Å². The van der Waals surface area contributed by atoms with Gasteiger partial charge in [0.05, 0.1) is 7.11 Å². The molecule has 19 heavy (non-hydrogen) atoms. The lowest BCUT2D eigenvalue weighted by Gasteiger charge is -2.09. The lowest BCUT2D eigenvalue weighted by atomic mass is 10.1. The van der Waals surface area contributed by atoms with Crippen molar-refractivity contribution in [1.29, 1.82) is 0 Å². The van der Waals surface area contributed by atoms with Gasteiger partial charge in [0, 0.05) is 17.8 Å². The van der Waals surface area contributed by atoms with Crippen molar-refractivity contribution < 1.29 is 14.6 Å². The van der Waals surface area contributed by atoms with Crippen LogP contribution < -0.4 is 4.74 Å². The summed E-state index contributed by atoms with van der Waals surface area (Å²) in [6.45, 7) is 3.92. The smallest absolute Gasteiger partial charge is 0.352 e. The summed E-state index contributed by atoms with van der Waals surface area (Å²) in [6, 6.07) is 9.38. The third kappa shape index (κ3) is 2.62. The number of hydrogen-bond acceptors (Lipinski definition) is 2. The summed E-state index contributed by atoms with van der Waals surface area (Å²) in [5, 5.41) is 9.23. The number of carboxylic acid groups (broad SMARTS) is 1. The molecule has 0 unspecified atom stereocenters. The molecule has 0 aliphatic rings. The molecule has 0 fully saturated rings. The molecule has 0 aliphatic carbocycles. The Morgan fingerprint density at radius 3 is 2.53 bits per heavy atom. The van der Waals surface area contributed by atoms with Crippen LogP contribution >= 0.6 is 0 Å². The van der Waals surface area contributed by atoms with Crippen molar-refractivity contribution in [3.8, 4) is 16.9 Å². The highest BCUT2D eigenvalue weighted by atomic mass is 16.5. The van der Waals surface area contributed by atoms with Gasteiger partial charge < -0.3 is 14.4 Å². The molecule has 0 aliphatic heterocycles. The molecule has 0 amide bonds. The summed E-state index contributed by atoms with van der Waals surface area (Å²) in [6.07, 6.45) is 1.86. The monoisotopic (exact) mass is 259 g/mol. The quantitative estimate of drug-likeness (QED) is 0.915. The lowest BCUT2D eigenvalue weighted by molar-refractivity contribution is 0.0683. The van der Waals surface area contributed by atoms with E-state index >= 15 is 0 Å². The molecule has 0 saturated heterocycles. The van der Waals surface area contributed by atoms with E-state index in [0.29, 0.717) is 5.69 Å². The van der Waals surface area contributed by atoms with Crippen molar-refractivity contribution in [2.75, 3.05) is 7.11 Å². The van der Waals surface area contributed by atoms with Gasteiger partial charge in [-0.05, 0) is 37.6 Å². The van der Waals surface area contributed by atoms with Gasteiger partial charge in [0.25, 0.3) is 0 Å². The molecule has 0 saturated carbocycles. The highest BCUT2D eigenvalue weighted by Crippen LogP contribution is 2.27. The number of carbonyl (C=O) groups is 1. The van der Waals surface area contributed by atoms with Crippen molar-refractivity contribution in [3.63, 3.8) is 0 Å². The number of hydrogen-bond donors (Lipinski definition) is 1. The lowest BCUT2D eigenvalue weighted by Crippen LogP contribution is -2.09. The Hall–Kier alpha value is -2.23. The van der Waals surface area contributed by atoms with Crippen LogP contribution in [0, 0.1) is 0 Å². The first-order valence-electron chi connectivity index (χ1n) is 6.12. The van der Waals surface area contributed by atoms with Gasteiger partial charge in [-0.2, -0.15) is 0 Å². The maximum absolute atomic E-state index is 11.2. The number of methoxy groups -OCH3 is 1. The van der Waals surface area contributed by atoms with Gasteiger partial charge >= 0.3 is 5.97 Å². The number of ether oxygens (including phenoxy) is 1. The average Bonchev–Trinajstić information content (AvgIpc) is 2.84. The highest BCUT2D eigenvalue weighted by molar-refractivity contribution is 5.88. The molecule has 1 aromatic heterocycles. The minimum atomic E-state index is -0.914. The Balaban J connectivity index is 2.50. The van der Waals surface area contributed by atoms with E-state index in [1.807, 2.05) is 44.3 Å². The number of carboxylic acids is 1. The number of aromatic carboxylic acids is 1. The number of benzene rings is 1. The highest BCUT2D eigenvalue weighted by Gasteiger charge is 2.15. The largest absolute Gasteiger partial charge is 0.497 e. The second kappa shape index (κ2) is 5.18. The maximum Gasteiger partial charge on any atom is 0.352 e. The minimum Gasteiger partial charge on any atom is -0.497 e. The van der Waals surface area contributed by atoms with Crippen LogP contribution in [0.25, 0.3) is 11.1 Å². The molecule has 1 N–H and O–H groups in total. The Labute approximate surface area is 112 Å². The first-order valence-corrected chi connectivity index (χ1v) is 6.12. The molecule has 1 heterocycles. The van der Waals surface area contributed by atoms with Crippen molar-refractivity contribution in [2.24, 2.45) is 0 Å². The van der Waals surface area contributed by atoms with E-state index in [0.717, 1.165) is 16.9 Å². The molecule has 0 spiro atoms. The van der Waals surface area contributed by atoms with E-state index in [1.165, 1.54) is 0 Å². The zero-order valence-electron chi connectivity index (χ0n) is 11.3.